The number of rotatable bonds is 1. The topological polar surface area (TPSA) is 73.2 Å². The van der Waals surface area contributed by atoms with Crippen LogP contribution in [0, 0.1) is 0 Å². The highest BCUT2D eigenvalue weighted by atomic mass is 35.5. The predicted molar refractivity (Wildman–Crippen MR) is 64.3 cm³/mol. The highest BCUT2D eigenvalue weighted by molar-refractivity contribution is 6.29. The fourth-order valence-corrected chi connectivity index (χ4v) is 1.30. The Labute approximate surface area is 104 Å². The molecule has 0 aliphatic rings. The molecule has 0 bridgehead atoms. The Morgan fingerprint density at radius 1 is 1.53 bits per heavy atom. The number of carbonyl (C=O) groups is 1. The standard InChI is InChI=1S/C10H14ClN3O3/c1-10(2,3)17-9(16)12-6-5-7(11)13-14(4)8(6)15/h5H,1-4H3,(H,12,16). The maximum absolute atomic E-state index is 11.6. The maximum atomic E-state index is 11.6. The Morgan fingerprint density at radius 3 is 2.65 bits per heavy atom. The Kier molecular flexibility index (Phi) is 3.77. The van der Waals surface area contributed by atoms with Crippen LogP contribution in [0.15, 0.2) is 10.9 Å². The summed E-state index contributed by atoms with van der Waals surface area (Å²) in [4.78, 5) is 23.1. The van der Waals surface area contributed by atoms with Crippen LogP contribution in [-0.4, -0.2) is 21.5 Å². The molecule has 0 saturated carbocycles. The lowest BCUT2D eigenvalue weighted by atomic mass is 10.2. The quantitative estimate of drug-likeness (QED) is 0.834. The van der Waals surface area contributed by atoms with Crippen molar-refractivity contribution in [2.75, 3.05) is 5.32 Å². The van der Waals surface area contributed by atoms with Crippen LogP contribution in [0.1, 0.15) is 20.8 Å². The molecular weight excluding hydrogens is 246 g/mol. The summed E-state index contributed by atoms with van der Waals surface area (Å²) in [6.07, 6.45) is -0.711. The van der Waals surface area contributed by atoms with E-state index in [2.05, 4.69) is 10.4 Å². The van der Waals surface area contributed by atoms with Gasteiger partial charge in [0.2, 0.25) is 0 Å². The van der Waals surface area contributed by atoms with Gasteiger partial charge >= 0.3 is 6.09 Å². The number of halogens is 1. The summed E-state index contributed by atoms with van der Waals surface area (Å²) < 4.78 is 6.05. The number of anilines is 1. The molecule has 0 aliphatic carbocycles. The van der Waals surface area contributed by atoms with Crippen molar-refractivity contribution in [3.8, 4) is 0 Å². The second-order valence-electron chi connectivity index (χ2n) is 4.44. The number of hydrogen-bond donors (Lipinski definition) is 1. The molecule has 1 rings (SSSR count). The van der Waals surface area contributed by atoms with Crippen molar-refractivity contribution >= 4 is 23.4 Å². The molecule has 0 atom stereocenters. The van der Waals surface area contributed by atoms with Crippen LogP contribution in [-0.2, 0) is 11.8 Å². The van der Waals surface area contributed by atoms with E-state index in [4.69, 9.17) is 16.3 Å². The van der Waals surface area contributed by atoms with Crippen LogP contribution in [0.25, 0.3) is 0 Å². The van der Waals surface area contributed by atoms with E-state index in [1.165, 1.54) is 13.1 Å². The molecule has 94 valence electrons. The van der Waals surface area contributed by atoms with Crippen molar-refractivity contribution in [3.05, 3.63) is 21.6 Å². The smallest absolute Gasteiger partial charge is 0.412 e. The molecule has 0 aromatic carbocycles. The van der Waals surface area contributed by atoms with E-state index in [1.54, 1.807) is 20.8 Å². The minimum absolute atomic E-state index is 0.0294. The molecule has 1 amide bonds. The first-order valence-corrected chi connectivity index (χ1v) is 5.31. The zero-order chi connectivity index (χ0) is 13.2. The van der Waals surface area contributed by atoms with Crippen molar-refractivity contribution in [2.24, 2.45) is 7.05 Å². The largest absolute Gasteiger partial charge is 0.444 e. The summed E-state index contributed by atoms with van der Waals surface area (Å²) in [5.41, 5.74) is -1.06. The summed E-state index contributed by atoms with van der Waals surface area (Å²) in [5.74, 6) is 0. The van der Waals surface area contributed by atoms with Gasteiger partial charge in [0.15, 0.2) is 5.15 Å². The van der Waals surface area contributed by atoms with E-state index in [1.807, 2.05) is 0 Å². The molecule has 17 heavy (non-hydrogen) atoms. The molecule has 0 saturated heterocycles. The molecule has 0 fully saturated rings. The van der Waals surface area contributed by atoms with E-state index >= 15 is 0 Å². The van der Waals surface area contributed by atoms with E-state index in [0.717, 1.165) is 4.68 Å². The van der Waals surface area contributed by atoms with Crippen LogP contribution in [0.3, 0.4) is 0 Å². The van der Waals surface area contributed by atoms with Gasteiger partial charge in [0.05, 0.1) is 0 Å². The number of aryl methyl sites for hydroxylation is 1. The lowest BCUT2D eigenvalue weighted by molar-refractivity contribution is 0.0635. The zero-order valence-corrected chi connectivity index (χ0v) is 10.8. The Bertz CT molecular complexity index is 491. The fraction of sp³-hybridized carbons (Fsp3) is 0.500. The number of ether oxygens (including phenoxy) is 1. The normalized spacial score (nSPS) is 11.1. The summed E-state index contributed by atoms with van der Waals surface area (Å²) in [6.45, 7) is 5.18. The molecule has 1 N–H and O–H groups in total. The average Bonchev–Trinajstić information content (AvgIpc) is 2.10. The van der Waals surface area contributed by atoms with Crippen LogP contribution < -0.4 is 10.9 Å². The van der Waals surface area contributed by atoms with Gasteiger partial charge < -0.3 is 4.74 Å². The lowest BCUT2D eigenvalue weighted by Crippen LogP contribution is -2.31. The zero-order valence-electron chi connectivity index (χ0n) is 10.1. The Balaban J connectivity index is 2.89. The third-order valence-corrected chi connectivity index (χ3v) is 1.85. The van der Waals surface area contributed by atoms with E-state index in [9.17, 15) is 9.59 Å². The first-order valence-electron chi connectivity index (χ1n) is 4.93. The van der Waals surface area contributed by atoms with Crippen LogP contribution in [0.5, 0.6) is 0 Å². The van der Waals surface area contributed by atoms with Crippen LogP contribution >= 0.6 is 11.6 Å². The molecule has 0 spiro atoms. The third kappa shape index (κ3) is 4.07. The highest BCUT2D eigenvalue weighted by Crippen LogP contribution is 2.11. The first kappa shape index (κ1) is 13.5. The van der Waals surface area contributed by atoms with Crippen molar-refractivity contribution in [1.82, 2.24) is 9.78 Å². The van der Waals surface area contributed by atoms with Crippen molar-refractivity contribution in [1.29, 1.82) is 0 Å². The van der Waals surface area contributed by atoms with Gasteiger partial charge in [-0.3, -0.25) is 10.1 Å². The summed E-state index contributed by atoms with van der Waals surface area (Å²) in [5, 5.41) is 6.13. The Morgan fingerprint density at radius 2 is 2.12 bits per heavy atom. The minimum Gasteiger partial charge on any atom is -0.444 e. The third-order valence-electron chi connectivity index (χ3n) is 1.67. The predicted octanol–water partition coefficient (Wildman–Crippen LogP) is 1.78. The van der Waals surface area contributed by atoms with E-state index < -0.39 is 17.3 Å². The molecule has 6 nitrogen and oxygen atoms in total. The lowest BCUT2D eigenvalue weighted by Gasteiger charge is -2.19. The molecule has 7 heteroatoms. The second kappa shape index (κ2) is 4.75. The molecule has 0 unspecified atom stereocenters. The number of nitrogens with zero attached hydrogens (tertiary/aromatic N) is 2. The minimum atomic E-state index is -0.711. The Hall–Kier alpha value is -1.56. The van der Waals surface area contributed by atoms with Gasteiger partial charge in [0, 0.05) is 13.1 Å². The van der Waals surface area contributed by atoms with E-state index in [0.29, 0.717) is 0 Å². The average molecular weight is 260 g/mol. The van der Waals surface area contributed by atoms with Crippen molar-refractivity contribution in [2.45, 2.75) is 26.4 Å². The van der Waals surface area contributed by atoms with Crippen LogP contribution in [0.2, 0.25) is 5.15 Å². The number of amides is 1. The number of carbonyl (C=O) groups excluding carboxylic acids is 1. The molecular formula is C10H14ClN3O3. The number of nitrogens with one attached hydrogen (secondary N) is 1. The van der Waals surface area contributed by atoms with Gasteiger partial charge in [0.25, 0.3) is 5.56 Å². The van der Waals surface area contributed by atoms with Gasteiger partial charge in [-0.05, 0) is 20.8 Å². The summed E-state index contributed by atoms with van der Waals surface area (Å²) in [7, 11) is 1.44. The summed E-state index contributed by atoms with van der Waals surface area (Å²) in [6, 6.07) is 1.27. The summed E-state index contributed by atoms with van der Waals surface area (Å²) >= 11 is 5.68. The second-order valence-corrected chi connectivity index (χ2v) is 4.82. The molecule has 1 heterocycles. The molecule has 1 aromatic rings. The highest BCUT2D eigenvalue weighted by Gasteiger charge is 2.17. The molecule has 0 radical (unpaired) electrons. The van der Waals surface area contributed by atoms with Gasteiger partial charge in [-0.2, -0.15) is 5.10 Å². The molecule has 1 aromatic heterocycles. The van der Waals surface area contributed by atoms with E-state index in [-0.39, 0.29) is 10.8 Å². The van der Waals surface area contributed by atoms with Gasteiger partial charge in [-0.1, -0.05) is 11.6 Å². The monoisotopic (exact) mass is 259 g/mol. The van der Waals surface area contributed by atoms with Gasteiger partial charge in [-0.25, -0.2) is 9.48 Å². The maximum Gasteiger partial charge on any atom is 0.412 e. The van der Waals surface area contributed by atoms with Crippen molar-refractivity contribution < 1.29 is 9.53 Å². The molecule has 0 aliphatic heterocycles. The number of aromatic nitrogens is 2. The SMILES string of the molecule is Cn1nc(Cl)cc(NC(=O)OC(C)(C)C)c1=O. The fourth-order valence-electron chi connectivity index (χ4n) is 1.08. The van der Waals surface area contributed by atoms with Crippen LogP contribution in [0.4, 0.5) is 10.5 Å². The number of hydrogen-bond acceptors (Lipinski definition) is 4. The van der Waals surface area contributed by atoms with Gasteiger partial charge in [-0.15, -0.1) is 0 Å². The van der Waals surface area contributed by atoms with Gasteiger partial charge in [0.1, 0.15) is 11.3 Å². The van der Waals surface area contributed by atoms with Crippen molar-refractivity contribution in [3.63, 3.8) is 0 Å². The first-order chi connectivity index (χ1) is 7.69.